The van der Waals surface area contributed by atoms with Crippen molar-refractivity contribution in [2.24, 2.45) is 14.1 Å². The predicted octanol–water partition coefficient (Wildman–Crippen LogP) is 10.4. The van der Waals surface area contributed by atoms with E-state index in [9.17, 15) is 4.79 Å². The second kappa shape index (κ2) is 12.0. The molecular weight excluding hydrogens is 655 g/mol. The fourth-order valence-electron chi connectivity index (χ4n) is 7.40. The van der Waals surface area contributed by atoms with Crippen molar-refractivity contribution in [1.29, 1.82) is 0 Å². The SMILES string of the molecule is Cn1c(=O)n(C)c2cc(-c3ccc(-c4nc(-c5ccccc5)nc(-c5ccccc5-c5ccc6oc7cc8ccccc8cc7c6c5)n4)cc3)ccc21. The summed E-state index contributed by atoms with van der Waals surface area (Å²) in [6, 6.07) is 51.7. The Bertz CT molecular complexity index is 3100. The normalized spacial score (nSPS) is 11.7. The van der Waals surface area contributed by atoms with Crippen molar-refractivity contribution in [1.82, 2.24) is 24.1 Å². The fraction of sp³-hybridized carbons (Fsp3) is 0.0435. The molecule has 0 saturated heterocycles. The molecule has 53 heavy (non-hydrogen) atoms. The first-order valence-corrected chi connectivity index (χ1v) is 17.5. The second-order valence-electron chi connectivity index (χ2n) is 13.4. The van der Waals surface area contributed by atoms with E-state index >= 15 is 0 Å². The Hall–Kier alpha value is -7.12. The summed E-state index contributed by atoms with van der Waals surface area (Å²) in [4.78, 5) is 27.7. The van der Waals surface area contributed by atoms with E-state index in [4.69, 9.17) is 19.4 Å². The topological polar surface area (TPSA) is 78.7 Å². The summed E-state index contributed by atoms with van der Waals surface area (Å²) in [7, 11) is 3.60. The lowest BCUT2D eigenvalue weighted by Crippen LogP contribution is -2.19. The minimum Gasteiger partial charge on any atom is -0.456 e. The third kappa shape index (κ3) is 5.13. The van der Waals surface area contributed by atoms with E-state index in [1.165, 1.54) is 5.39 Å². The largest absolute Gasteiger partial charge is 0.456 e. The van der Waals surface area contributed by atoms with E-state index in [1.54, 1.807) is 23.2 Å². The van der Waals surface area contributed by atoms with Crippen LogP contribution in [-0.4, -0.2) is 24.1 Å². The van der Waals surface area contributed by atoms with Crippen LogP contribution in [0.25, 0.3) is 100 Å². The summed E-state index contributed by atoms with van der Waals surface area (Å²) in [5, 5.41) is 4.48. The third-order valence-electron chi connectivity index (χ3n) is 10.2. The van der Waals surface area contributed by atoms with Gasteiger partial charge in [-0.3, -0.25) is 9.13 Å². The summed E-state index contributed by atoms with van der Waals surface area (Å²) < 4.78 is 9.66. The zero-order valence-electron chi connectivity index (χ0n) is 29.0. The maximum absolute atomic E-state index is 12.5. The lowest BCUT2D eigenvalue weighted by atomic mass is 9.97. The Morgan fingerprint density at radius 3 is 1.77 bits per heavy atom. The Morgan fingerprint density at radius 2 is 1.00 bits per heavy atom. The quantitative estimate of drug-likeness (QED) is 0.180. The molecule has 7 heteroatoms. The van der Waals surface area contributed by atoms with E-state index in [1.807, 2.05) is 66.7 Å². The van der Waals surface area contributed by atoms with Crippen LogP contribution in [0.4, 0.5) is 0 Å². The smallest absolute Gasteiger partial charge is 0.328 e. The number of imidazole rings is 1. The van der Waals surface area contributed by atoms with Gasteiger partial charge in [0.15, 0.2) is 17.5 Å². The van der Waals surface area contributed by atoms with Gasteiger partial charge in [0, 0.05) is 41.6 Å². The number of fused-ring (bicyclic) bond motifs is 5. The van der Waals surface area contributed by atoms with Crippen LogP contribution in [0, 0.1) is 0 Å². The molecule has 7 aromatic carbocycles. The molecule has 0 N–H and O–H groups in total. The molecule has 3 heterocycles. The first-order valence-electron chi connectivity index (χ1n) is 17.5. The van der Waals surface area contributed by atoms with Crippen molar-refractivity contribution in [3.05, 3.63) is 162 Å². The summed E-state index contributed by atoms with van der Waals surface area (Å²) >= 11 is 0. The van der Waals surface area contributed by atoms with E-state index < -0.39 is 0 Å². The average molecular weight is 686 g/mol. The molecule has 0 bridgehead atoms. The highest BCUT2D eigenvalue weighted by molar-refractivity contribution is 6.11. The van der Waals surface area contributed by atoms with Crippen LogP contribution in [0.15, 0.2) is 161 Å². The third-order valence-corrected chi connectivity index (χ3v) is 10.2. The van der Waals surface area contributed by atoms with Crippen LogP contribution in [-0.2, 0) is 14.1 Å². The molecule has 10 aromatic rings. The Labute approximate surface area is 304 Å². The van der Waals surface area contributed by atoms with Gasteiger partial charge in [-0.2, -0.15) is 0 Å². The van der Waals surface area contributed by atoms with E-state index in [0.29, 0.717) is 17.5 Å². The first-order chi connectivity index (χ1) is 26.0. The van der Waals surface area contributed by atoms with Gasteiger partial charge in [-0.1, -0.05) is 115 Å². The molecular formula is C46H31N5O2. The van der Waals surface area contributed by atoms with Crippen molar-refractivity contribution in [3.63, 3.8) is 0 Å². The van der Waals surface area contributed by atoms with Crippen molar-refractivity contribution in [2.45, 2.75) is 0 Å². The number of rotatable bonds is 5. The Morgan fingerprint density at radius 1 is 0.434 bits per heavy atom. The van der Waals surface area contributed by atoms with Gasteiger partial charge in [0.25, 0.3) is 0 Å². The molecule has 0 spiro atoms. The number of aryl methyl sites for hydroxylation is 2. The van der Waals surface area contributed by atoms with Crippen molar-refractivity contribution >= 4 is 43.7 Å². The zero-order valence-corrected chi connectivity index (χ0v) is 29.0. The van der Waals surface area contributed by atoms with Gasteiger partial charge in [0.2, 0.25) is 0 Å². The van der Waals surface area contributed by atoms with Crippen molar-refractivity contribution in [2.75, 3.05) is 0 Å². The summed E-state index contributed by atoms with van der Waals surface area (Å²) in [6.45, 7) is 0. The minimum atomic E-state index is -0.0433. The monoisotopic (exact) mass is 685 g/mol. The Kier molecular flexibility index (Phi) is 6.94. The molecule has 7 nitrogen and oxygen atoms in total. The Balaban J connectivity index is 1.09. The van der Waals surface area contributed by atoms with Gasteiger partial charge in [-0.05, 0) is 69.4 Å². The number of nitrogens with zero attached hydrogens (tertiary/aromatic N) is 5. The molecule has 0 fully saturated rings. The van der Waals surface area contributed by atoms with Crippen LogP contribution in [0.1, 0.15) is 0 Å². The summed E-state index contributed by atoms with van der Waals surface area (Å²) in [5.41, 5.74) is 10.3. The minimum absolute atomic E-state index is 0.0433. The molecule has 0 unspecified atom stereocenters. The molecule has 0 aliphatic heterocycles. The number of hydrogen-bond donors (Lipinski definition) is 0. The lowest BCUT2D eigenvalue weighted by molar-refractivity contribution is 0.669. The number of benzene rings is 7. The molecule has 0 saturated carbocycles. The standard InChI is InChI=1S/C46H31N5O2/c1-50-39-22-20-33(26-40(39)51(2)46(50)52)28-16-18-30(19-17-28)44-47-43(29-10-4-3-5-11-29)48-45(49-44)36-15-9-8-14-35(36)34-21-23-41-37(25-34)38-24-31-12-6-7-13-32(31)27-42(38)53-41/h3-27H,1-2H3. The second-order valence-corrected chi connectivity index (χ2v) is 13.4. The van der Waals surface area contributed by atoms with Crippen LogP contribution in [0.5, 0.6) is 0 Å². The highest BCUT2D eigenvalue weighted by Crippen LogP contribution is 2.38. The number of aromatic nitrogens is 5. The van der Waals surface area contributed by atoms with E-state index in [2.05, 4.69) is 84.9 Å². The molecule has 0 aliphatic rings. The first kappa shape index (κ1) is 30.7. The predicted molar refractivity (Wildman–Crippen MR) is 214 cm³/mol. The summed E-state index contributed by atoms with van der Waals surface area (Å²) in [6.07, 6.45) is 0. The van der Waals surface area contributed by atoms with Gasteiger partial charge < -0.3 is 4.42 Å². The van der Waals surface area contributed by atoms with Gasteiger partial charge in [0.1, 0.15) is 11.2 Å². The van der Waals surface area contributed by atoms with Gasteiger partial charge in [-0.25, -0.2) is 19.7 Å². The number of hydrogen-bond acceptors (Lipinski definition) is 5. The maximum atomic E-state index is 12.5. The van der Waals surface area contributed by atoms with Crippen LogP contribution < -0.4 is 5.69 Å². The van der Waals surface area contributed by atoms with Crippen LogP contribution >= 0.6 is 0 Å². The van der Waals surface area contributed by atoms with Crippen LogP contribution in [0.2, 0.25) is 0 Å². The van der Waals surface area contributed by atoms with E-state index in [-0.39, 0.29) is 5.69 Å². The maximum Gasteiger partial charge on any atom is 0.328 e. The molecule has 0 atom stereocenters. The van der Waals surface area contributed by atoms with E-state index in [0.717, 1.165) is 77.3 Å². The fourth-order valence-corrected chi connectivity index (χ4v) is 7.40. The van der Waals surface area contributed by atoms with Gasteiger partial charge >= 0.3 is 5.69 Å². The average Bonchev–Trinajstić information content (AvgIpc) is 3.68. The van der Waals surface area contributed by atoms with Crippen molar-refractivity contribution in [3.8, 4) is 56.4 Å². The highest BCUT2D eigenvalue weighted by atomic mass is 16.3. The van der Waals surface area contributed by atoms with Gasteiger partial charge in [0.05, 0.1) is 11.0 Å². The summed E-state index contributed by atoms with van der Waals surface area (Å²) in [5.74, 6) is 1.77. The highest BCUT2D eigenvalue weighted by Gasteiger charge is 2.18. The molecule has 3 aromatic heterocycles. The van der Waals surface area contributed by atoms with Crippen molar-refractivity contribution < 1.29 is 4.42 Å². The zero-order chi connectivity index (χ0) is 35.6. The lowest BCUT2D eigenvalue weighted by Gasteiger charge is -2.12. The molecule has 0 radical (unpaired) electrons. The molecule has 0 aliphatic carbocycles. The number of furan rings is 1. The molecule has 10 rings (SSSR count). The molecule has 252 valence electrons. The van der Waals surface area contributed by atoms with Crippen LogP contribution in [0.3, 0.4) is 0 Å². The van der Waals surface area contributed by atoms with Gasteiger partial charge in [-0.15, -0.1) is 0 Å². The molecule has 0 amide bonds.